The van der Waals surface area contributed by atoms with E-state index in [2.05, 4.69) is 18.5 Å². The van der Waals surface area contributed by atoms with Gasteiger partial charge in [-0.2, -0.15) is 21.6 Å². The summed E-state index contributed by atoms with van der Waals surface area (Å²) in [6, 6.07) is 33.5. The number of halogens is 7. The number of nitrogens with one attached hydrogen (secondary N) is 2. The van der Waals surface area contributed by atoms with Crippen molar-refractivity contribution in [1.29, 1.82) is 0 Å². The van der Waals surface area contributed by atoms with Crippen LogP contribution in [0.25, 0.3) is 0 Å². The molecular weight excluding hydrogens is 1390 g/mol. The number of anilines is 5. The predicted molar refractivity (Wildman–Crippen MR) is 394 cm³/mol. The molecular formula is C75H88Cl4F3N7O10S. The fourth-order valence-corrected chi connectivity index (χ4v) is 15.8. The van der Waals surface area contributed by atoms with Crippen LogP contribution in [-0.2, 0) is 72.9 Å². The lowest BCUT2D eigenvalue weighted by Gasteiger charge is -2.62. The van der Waals surface area contributed by atoms with Crippen LogP contribution in [0.1, 0.15) is 93.0 Å². The molecule has 17 nitrogen and oxygen atoms in total. The Morgan fingerprint density at radius 1 is 0.620 bits per heavy atom. The van der Waals surface area contributed by atoms with Crippen LogP contribution in [0.3, 0.4) is 0 Å². The summed E-state index contributed by atoms with van der Waals surface area (Å²) in [7, 11) is -1.09. The van der Waals surface area contributed by atoms with E-state index in [9.17, 15) is 33.2 Å². The third-order valence-electron chi connectivity index (χ3n) is 18.0. The molecule has 2 N–H and O–H groups in total. The van der Waals surface area contributed by atoms with E-state index in [-0.39, 0.29) is 58.6 Å². The second-order valence-electron chi connectivity index (χ2n) is 25.0. The van der Waals surface area contributed by atoms with E-state index in [1.54, 1.807) is 106 Å². The van der Waals surface area contributed by atoms with Crippen LogP contribution in [0.5, 0.6) is 0 Å². The van der Waals surface area contributed by atoms with Gasteiger partial charge in [-0.3, -0.25) is 43.3 Å². The number of alkyl halides is 7. The number of methoxy groups -OCH3 is 2. The van der Waals surface area contributed by atoms with Crippen molar-refractivity contribution in [1.82, 2.24) is 9.80 Å². The monoisotopic (exact) mass is 1480 g/mol. The van der Waals surface area contributed by atoms with Crippen LogP contribution in [0.2, 0.25) is 0 Å². The summed E-state index contributed by atoms with van der Waals surface area (Å²) < 4.78 is 83.6. The lowest BCUT2D eigenvalue weighted by molar-refractivity contribution is -0.158. The average Bonchev–Trinajstić information content (AvgIpc) is 0.653. The zero-order chi connectivity index (χ0) is 74.8. The number of rotatable bonds is 31. The first kappa shape index (κ1) is 81.2. The van der Waals surface area contributed by atoms with E-state index in [4.69, 9.17) is 44.3 Å². The quantitative estimate of drug-likeness (QED) is 0.0240. The van der Waals surface area contributed by atoms with Crippen molar-refractivity contribution in [3.8, 4) is 0 Å². The van der Waals surface area contributed by atoms with E-state index in [0.717, 1.165) is 30.6 Å². The molecule has 6 aromatic carbocycles. The number of ether oxygens (including phenoxy) is 2. The smallest absolute Gasteiger partial charge is 0.364 e. The molecule has 538 valence electrons. The Hall–Kier alpha value is -7.76. The maximum absolute atomic E-state index is 18.8. The van der Waals surface area contributed by atoms with Crippen LogP contribution in [0.15, 0.2) is 165 Å². The predicted octanol–water partition coefficient (Wildman–Crippen LogP) is 14.4. The van der Waals surface area contributed by atoms with Crippen molar-refractivity contribution >= 4 is 120 Å². The van der Waals surface area contributed by atoms with Gasteiger partial charge >= 0.3 is 15.5 Å². The SMILES string of the molecule is C=CCN(CC=C)C(=O)C(Cl)C(C(=O)Nc1cc(NS(=O)(=O)C(F)(F)F)c(C)cc1C)(C(C(=O)N(C)C)(c1ccccc1)c1ccccc1)C(Cl)(C(=O)N(c1ccccc1)C(C)C)C(Cl)(C(=O)N(COC)c1c(CC)cccc1CC)C(Cl)C(=O)N(c1c(C)cccc1CC)C(C)(C)OC. The topological polar surface area (TPSA) is 195 Å². The van der Waals surface area contributed by atoms with Crippen LogP contribution >= 0.6 is 46.4 Å². The number of likely N-dealkylation sites (N-methyl/N-ethyl adjacent to an activating group) is 1. The van der Waals surface area contributed by atoms with E-state index in [1.165, 1.54) is 135 Å². The van der Waals surface area contributed by atoms with Crippen molar-refractivity contribution < 1.29 is 59.8 Å². The molecule has 0 fully saturated rings. The van der Waals surface area contributed by atoms with Crippen molar-refractivity contribution in [2.75, 3.05) is 72.9 Å². The third kappa shape index (κ3) is 14.7. The highest BCUT2D eigenvalue weighted by Crippen LogP contribution is 2.67. The molecule has 5 atom stereocenters. The highest BCUT2D eigenvalue weighted by atomic mass is 35.5. The standard InChI is InChI=1S/C75H88Cl4F3N7O10S/c1-17-43-86(44-18-2)64(90)62(76)72(66(92)83-58-46-59(51(10)45-50(58)9)84-100(96,97)75(80,81)82,71(67(93)85(13)14,55-37-25-22-26-38-55)56-39-27-23-28-40-56)74(79,69(95)88(48(6)7)57-41-29-24-30-42-57)73(78,68(94)87(47-98-15)61-53(20-4)35-32-36-54(61)21-5)63(77)65(91)89(70(11,12)99-16)60-49(8)33-31-34-52(60)19-3/h17-18,22-42,45-46,48,62-63,84H,1-2,19-21,43-44,47H2,3-16H3,(H,83,92). The molecule has 25 heteroatoms. The minimum Gasteiger partial charge on any atom is -0.364 e. The van der Waals surface area contributed by atoms with Crippen LogP contribution in [-0.4, -0.2) is 140 Å². The number of aryl methyl sites for hydroxylation is 6. The zero-order valence-electron chi connectivity index (χ0n) is 58.7. The van der Waals surface area contributed by atoms with Gasteiger partial charge in [-0.25, -0.2) is 0 Å². The Morgan fingerprint density at radius 3 is 1.53 bits per heavy atom. The van der Waals surface area contributed by atoms with Crippen LogP contribution in [0.4, 0.5) is 41.6 Å². The van der Waals surface area contributed by atoms with Gasteiger partial charge in [0.05, 0.1) is 17.1 Å². The molecule has 5 unspecified atom stereocenters. The van der Waals surface area contributed by atoms with Gasteiger partial charge < -0.3 is 29.5 Å². The largest absolute Gasteiger partial charge is 0.516 e. The molecule has 100 heavy (non-hydrogen) atoms. The van der Waals surface area contributed by atoms with Crippen molar-refractivity contribution in [3.05, 3.63) is 209 Å². The maximum atomic E-state index is 18.8. The van der Waals surface area contributed by atoms with Crippen molar-refractivity contribution in [2.45, 2.75) is 132 Å². The summed E-state index contributed by atoms with van der Waals surface area (Å²) in [5.41, 5.74) is -14.8. The van der Waals surface area contributed by atoms with Gasteiger partial charge in [-0.1, -0.05) is 154 Å². The third-order valence-corrected chi connectivity index (χ3v) is 21.7. The molecule has 0 saturated carbocycles. The molecule has 0 bridgehead atoms. The van der Waals surface area contributed by atoms with Gasteiger partial charge in [0.1, 0.15) is 34.0 Å². The van der Waals surface area contributed by atoms with E-state index in [0.29, 0.717) is 22.3 Å². The van der Waals surface area contributed by atoms with Crippen LogP contribution in [0, 0.1) is 26.2 Å². The Labute approximate surface area is 605 Å². The lowest BCUT2D eigenvalue weighted by atomic mass is 9.46. The summed E-state index contributed by atoms with van der Waals surface area (Å²) in [5, 5.41) is -3.06. The minimum atomic E-state index is -6.24. The Bertz CT molecular complexity index is 4030. The van der Waals surface area contributed by atoms with Crippen molar-refractivity contribution in [3.63, 3.8) is 0 Å². The fourth-order valence-electron chi connectivity index (χ4n) is 13.1. The average molecular weight is 1480 g/mol. The van der Waals surface area contributed by atoms with Gasteiger partial charge in [-0.05, 0) is 130 Å². The lowest BCUT2D eigenvalue weighted by Crippen LogP contribution is -2.84. The molecule has 0 aromatic heterocycles. The number of carbonyl (C=O) groups is 6. The normalized spacial score (nSPS) is 14.4. The first-order valence-electron chi connectivity index (χ1n) is 32.3. The molecule has 0 heterocycles. The Balaban J connectivity index is 2.22. The van der Waals surface area contributed by atoms with Gasteiger partial charge in [0.2, 0.25) is 23.6 Å². The molecule has 6 aromatic rings. The molecule has 0 aliphatic carbocycles. The first-order chi connectivity index (χ1) is 47.0. The molecule has 0 spiro atoms. The number of para-hydroxylation sites is 3. The minimum absolute atomic E-state index is 0.0175. The highest BCUT2D eigenvalue weighted by Gasteiger charge is 2.86. The molecule has 0 aliphatic rings. The summed E-state index contributed by atoms with van der Waals surface area (Å²) in [6.45, 7) is 22.1. The second kappa shape index (κ2) is 32.9. The van der Waals surface area contributed by atoms with Gasteiger partial charge in [-0.15, -0.1) is 59.6 Å². The zero-order valence-corrected chi connectivity index (χ0v) is 62.5. The summed E-state index contributed by atoms with van der Waals surface area (Å²) in [5.74, 6) is -8.79. The number of carbonyl (C=O) groups excluding carboxylic acids is 6. The van der Waals surface area contributed by atoms with E-state index < -0.39 is 125 Å². The number of hydrogen-bond donors (Lipinski definition) is 2. The number of sulfonamides is 1. The fraction of sp³-hybridized carbons (Fsp3) is 0.387. The second-order valence-corrected chi connectivity index (χ2v) is 28.8. The Morgan fingerprint density at radius 2 is 1.09 bits per heavy atom. The van der Waals surface area contributed by atoms with Crippen LogP contribution < -0.4 is 24.7 Å². The van der Waals surface area contributed by atoms with Crippen molar-refractivity contribution in [2.24, 2.45) is 5.41 Å². The van der Waals surface area contributed by atoms with Gasteiger partial charge in [0.15, 0.2) is 9.75 Å². The number of benzene rings is 6. The summed E-state index contributed by atoms with van der Waals surface area (Å²) in [4.78, 5) is 105. The van der Waals surface area contributed by atoms with Gasteiger partial charge in [0.25, 0.3) is 11.8 Å². The molecule has 0 aliphatic heterocycles. The molecule has 0 radical (unpaired) electrons. The summed E-state index contributed by atoms with van der Waals surface area (Å²) in [6.07, 6.45) is 3.27. The van der Waals surface area contributed by atoms with Gasteiger partial charge in [0, 0.05) is 58.8 Å². The first-order valence-corrected chi connectivity index (χ1v) is 35.4. The maximum Gasteiger partial charge on any atom is 0.516 e. The number of amides is 6. The van der Waals surface area contributed by atoms with E-state index >= 15 is 28.8 Å². The molecule has 6 rings (SSSR count). The Kier molecular flexibility index (Phi) is 26.7. The molecule has 0 saturated heterocycles. The van der Waals surface area contributed by atoms with E-state index in [1.807, 2.05) is 6.92 Å². The number of hydrogen-bond acceptors (Lipinski definition) is 10. The highest BCUT2D eigenvalue weighted by molar-refractivity contribution is 7.93. The number of nitrogens with zero attached hydrogens (tertiary/aromatic N) is 5. The summed E-state index contributed by atoms with van der Waals surface area (Å²) >= 11 is 35.4. The molecule has 6 amide bonds.